The van der Waals surface area contributed by atoms with E-state index in [1.807, 2.05) is 6.07 Å². The molecule has 1 heterocycles. The Bertz CT molecular complexity index is 771. The molecule has 0 spiro atoms. The predicted octanol–water partition coefficient (Wildman–Crippen LogP) is 4.13. The normalized spacial score (nSPS) is 12.2. The van der Waals surface area contributed by atoms with Crippen LogP contribution in [0.15, 0.2) is 36.4 Å². The van der Waals surface area contributed by atoms with Gasteiger partial charge in [0.05, 0.1) is 0 Å². The molecule has 2 aromatic carbocycles. The summed E-state index contributed by atoms with van der Waals surface area (Å²) in [7, 11) is 0. The van der Waals surface area contributed by atoms with Gasteiger partial charge in [0, 0.05) is 17.4 Å². The molecule has 0 aliphatic carbocycles. The number of ether oxygens (including phenoxy) is 3. The summed E-state index contributed by atoms with van der Waals surface area (Å²) in [6, 6.07) is 9.97. The molecule has 0 bridgehead atoms. The van der Waals surface area contributed by atoms with Gasteiger partial charge in [-0.25, -0.2) is 0 Å². The van der Waals surface area contributed by atoms with Gasteiger partial charge in [0.25, 0.3) is 0 Å². The van der Waals surface area contributed by atoms with Crippen molar-refractivity contribution in [3.63, 3.8) is 0 Å². The molecule has 0 unspecified atom stereocenters. The van der Waals surface area contributed by atoms with Gasteiger partial charge in [0.1, 0.15) is 5.75 Å². The van der Waals surface area contributed by atoms with Crippen LogP contribution in [0.1, 0.15) is 5.56 Å². The van der Waals surface area contributed by atoms with Crippen LogP contribution < -0.4 is 24.8 Å². The number of anilines is 2. The first-order valence-electron chi connectivity index (χ1n) is 7.04. The number of alkyl halides is 2. The van der Waals surface area contributed by atoms with E-state index in [1.54, 1.807) is 25.1 Å². The summed E-state index contributed by atoms with van der Waals surface area (Å²) in [6.07, 6.45) is 0. The largest absolute Gasteiger partial charge is 0.454 e. The average Bonchev–Trinajstić information content (AvgIpc) is 2.97. The number of halogens is 2. The standard InChI is InChI=1S/C16H14F2N2O3S/c1-9-6-11(23-15(17)18)3-4-12(9)20-16(24)19-10-2-5-13-14(7-10)22-8-21-13/h2-7,15H,8H2,1H3,(H2,19,20,24). The number of hydrogen-bond acceptors (Lipinski definition) is 4. The van der Waals surface area contributed by atoms with E-state index in [4.69, 9.17) is 21.7 Å². The molecule has 24 heavy (non-hydrogen) atoms. The Kier molecular flexibility index (Phi) is 4.66. The summed E-state index contributed by atoms with van der Waals surface area (Å²) in [5.41, 5.74) is 2.16. The maximum absolute atomic E-state index is 12.2. The summed E-state index contributed by atoms with van der Waals surface area (Å²) in [5.74, 6) is 1.43. The molecule has 5 nitrogen and oxygen atoms in total. The van der Waals surface area contributed by atoms with Gasteiger partial charge in [-0.1, -0.05) is 0 Å². The Hall–Kier alpha value is -2.61. The van der Waals surface area contributed by atoms with Crippen molar-refractivity contribution in [1.29, 1.82) is 0 Å². The van der Waals surface area contributed by atoms with Crippen LogP contribution in [-0.4, -0.2) is 18.5 Å². The van der Waals surface area contributed by atoms with E-state index in [0.29, 0.717) is 22.3 Å². The van der Waals surface area contributed by atoms with Crippen molar-refractivity contribution < 1.29 is 23.0 Å². The van der Waals surface area contributed by atoms with E-state index in [1.165, 1.54) is 12.1 Å². The number of rotatable bonds is 4. The van der Waals surface area contributed by atoms with Gasteiger partial charge >= 0.3 is 6.61 Å². The van der Waals surface area contributed by atoms with E-state index in [9.17, 15) is 8.78 Å². The van der Waals surface area contributed by atoms with Crippen molar-refractivity contribution in [3.05, 3.63) is 42.0 Å². The third-order valence-electron chi connectivity index (χ3n) is 3.30. The zero-order valence-corrected chi connectivity index (χ0v) is 13.5. The summed E-state index contributed by atoms with van der Waals surface area (Å²) >= 11 is 5.26. The van der Waals surface area contributed by atoms with Gasteiger partial charge in [-0.15, -0.1) is 0 Å². The van der Waals surface area contributed by atoms with E-state index in [0.717, 1.165) is 11.3 Å². The molecule has 126 valence electrons. The zero-order valence-electron chi connectivity index (χ0n) is 12.6. The second kappa shape index (κ2) is 6.88. The van der Waals surface area contributed by atoms with E-state index >= 15 is 0 Å². The number of aryl methyl sites for hydroxylation is 1. The van der Waals surface area contributed by atoms with Crippen LogP contribution in [-0.2, 0) is 0 Å². The molecule has 2 aromatic rings. The smallest absolute Gasteiger partial charge is 0.387 e. The Morgan fingerprint density at radius 2 is 1.92 bits per heavy atom. The van der Waals surface area contributed by atoms with Crippen LogP contribution in [0.5, 0.6) is 17.2 Å². The van der Waals surface area contributed by atoms with Crippen molar-refractivity contribution in [2.75, 3.05) is 17.4 Å². The maximum Gasteiger partial charge on any atom is 0.387 e. The van der Waals surface area contributed by atoms with E-state index in [2.05, 4.69) is 15.4 Å². The quantitative estimate of drug-likeness (QED) is 0.807. The monoisotopic (exact) mass is 352 g/mol. The number of hydrogen-bond donors (Lipinski definition) is 2. The molecule has 0 saturated carbocycles. The summed E-state index contributed by atoms with van der Waals surface area (Å²) in [6.45, 7) is -0.880. The van der Waals surface area contributed by atoms with Crippen molar-refractivity contribution in [1.82, 2.24) is 0 Å². The first-order chi connectivity index (χ1) is 11.5. The lowest BCUT2D eigenvalue weighted by Gasteiger charge is -2.14. The lowest BCUT2D eigenvalue weighted by molar-refractivity contribution is -0.0498. The van der Waals surface area contributed by atoms with Crippen LogP contribution >= 0.6 is 12.2 Å². The van der Waals surface area contributed by atoms with Gasteiger partial charge in [0.15, 0.2) is 16.6 Å². The Morgan fingerprint density at radius 1 is 1.12 bits per heavy atom. The first kappa shape index (κ1) is 16.3. The topological polar surface area (TPSA) is 51.8 Å². The molecule has 0 atom stereocenters. The number of fused-ring (bicyclic) bond motifs is 1. The lowest BCUT2D eigenvalue weighted by Crippen LogP contribution is -2.19. The second-order valence-electron chi connectivity index (χ2n) is 5.00. The maximum atomic E-state index is 12.2. The van der Waals surface area contributed by atoms with Gasteiger partial charge in [0.2, 0.25) is 6.79 Å². The third kappa shape index (κ3) is 3.83. The number of nitrogens with one attached hydrogen (secondary N) is 2. The lowest BCUT2D eigenvalue weighted by atomic mass is 10.2. The highest BCUT2D eigenvalue weighted by Crippen LogP contribution is 2.34. The Balaban J connectivity index is 1.64. The Labute approximate surface area is 142 Å². The molecule has 0 aromatic heterocycles. The highest BCUT2D eigenvalue weighted by atomic mass is 32.1. The molecular formula is C16H14F2N2O3S. The van der Waals surface area contributed by atoms with Crippen molar-refractivity contribution in [3.8, 4) is 17.2 Å². The molecule has 0 radical (unpaired) electrons. The van der Waals surface area contributed by atoms with E-state index < -0.39 is 6.61 Å². The van der Waals surface area contributed by atoms with Crippen molar-refractivity contribution in [2.24, 2.45) is 0 Å². The van der Waals surface area contributed by atoms with Gasteiger partial charge in [-0.3, -0.25) is 0 Å². The van der Waals surface area contributed by atoms with Gasteiger partial charge in [-0.2, -0.15) is 8.78 Å². The van der Waals surface area contributed by atoms with Gasteiger partial charge < -0.3 is 24.8 Å². The molecule has 1 aliphatic heterocycles. The molecule has 0 saturated heterocycles. The highest BCUT2D eigenvalue weighted by molar-refractivity contribution is 7.80. The molecule has 8 heteroatoms. The molecule has 0 amide bonds. The SMILES string of the molecule is Cc1cc(OC(F)F)ccc1NC(=S)Nc1ccc2c(c1)OCO2. The zero-order chi connectivity index (χ0) is 17.1. The van der Waals surface area contributed by atoms with Crippen molar-refractivity contribution >= 4 is 28.7 Å². The highest BCUT2D eigenvalue weighted by Gasteiger charge is 2.14. The number of benzene rings is 2. The minimum absolute atomic E-state index is 0.0997. The molecule has 2 N–H and O–H groups in total. The molecule has 0 fully saturated rings. The van der Waals surface area contributed by atoms with Crippen molar-refractivity contribution in [2.45, 2.75) is 13.5 Å². The second-order valence-corrected chi connectivity index (χ2v) is 5.41. The molecule has 1 aliphatic rings. The number of thiocarbonyl (C=S) groups is 1. The van der Waals surface area contributed by atoms with Crippen LogP contribution in [0.25, 0.3) is 0 Å². The first-order valence-corrected chi connectivity index (χ1v) is 7.45. The molecule has 3 rings (SSSR count). The van der Waals surface area contributed by atoms with E-state index in [-0.39, 0.29) is 12.5 Å². The summed E-state index contributed by atoms with van der Waals surface area (Å²) < 4.78 is 39.3. The minimum atomic E-state index is -2.85. The van der Waals surface area contributed by atoms with Gasteiger partial charge in [-0.05, 0) is 55.0 Å². The van der Waals surface area contributed by atoms with Crippen LogP contribution in [0.3, 0.4) is 0 Å². The summed E-state index contributed by atoms with van der Waals surface area (Å²) in [5, 5.41) is 6.40. The predicted molar refractivity (Wildman–Crippen MR) is 90.2 cm³/mol. The fraction of sp³-hybridized carbons (Fsp3) is 0.188. The summed E-state index contributed by atoms with van der Waals surface area (Å²) in [4.78, 5) is 0. The molecular weight excluding hydrogens is 338 g/mol. The average molecular weight is 352 g/mol. The van der Waals surface area contributed by atoms with Crippen LogP contribution in [0.2, 0.25) is 0 Å². The fourth-order valence-corrected chi connectivity index (χ4v) is 2.44. The minimum Gasteiger partial charge on any atom is -0.454 e. The van der Waals surface area contributed by atoms with Crippen LogP contribution in [0, 0.1) is 6.92 Å². The van der Waals surface area contributed by atoms with Crippen LogP contribution in [0.4, 0.5) is 20.2 Å². The Morgan fingerprint density at radius 3 is 2.67 bits per heavy atom. The third-order valence-corrected chi connectivity index (χ3v) is 3.51. The fourth-order valence-electron chi connectivity index (χ4n) is 2.21.